The van der Waals surface area contributed by atoms with E-state index in [-0.39, 0.29) is 11.8 Å². The standard InChI is InChI=1S/C13H18ClNO3/c1-3-18-12-8-10(4-5-11(12)17-2)6-7-15-13(16)9-14/h4-5,8H,3,6-7,9H2,1-2H3,(H,15,16). The molecule has 0 saturated carbocycles. The van der Waals surface area contributed by atoms with Gasteiger partial charge in [-0.25, -0.2) is 0 Å². The zero-order valence-electron chi connectivity index (χ0n) is 10.7. The summed E-state index contributed by atoms with van der Waals surface area (Å²) in [5, 5.41) is 2.72. The number of rotatable bonds is 7. The van der Waals surface area contributed by atoms with Crippen molar-refractivity contribution < 1.29 is 14.3 Å². The van der Waals surface area contributed by atoms with Crippen LogP contribution in [0.2, 0.25) is 0 Å². The Labute approximate surface area is 112 Å². The summed E-state index contributed by atoms with van der Waals surface area (Å²) in [5.41, 5.74) is 1.08. The highest BCUT2D eigenvalue weighted by molar-refractivity contribution is 6.27. The first-order chi connectivity index (χ1) is 8.71. The van der Waals surface area contributed by atoms with Gasteiger partial charge in [0.1, 0.15) is 5.88 Å². The van der Waals surface area contributed by atoms with Crippen molar-refractivity contribution in [1.29, 1.82) is 0 Å². The zero-order chi connectivity index (χ0) is 13.4. The van der Waals surface area contributed by atoms with Gasteiger partial charge in [0.15, 0.2) is 11.5 Å². The van der Waals surface area contributed by atoms with Crippen LogP contribution in [0.25, 0.3) is 0 Å². The van der Waals surface area contributed by atoms with Gasteiger partial charge < -0.3 is 14.8 Å². The molecule has 0 saturated heterocycles. The highest BCUT2D eigenvalue weighted by atomic mass is 35.5. The maximum absolute atomic E-state index is 11.0. The van der Waals surface area contributed by atoms with Gasteiger partial charge in [0.25, 0.3) is 0 Å². The van der Waals surface area contributed by atoms with E-state index in [4.69, 9.17) is 21.1 Å². The van der Waals surface area contributed by atoms with E-state index in [9.17, 15) is 4.79 Å². The maximum atomic E-state index is 11.0. The van der Waals surface area contributed by atoms with Crippen molar-refractivity contribution >= 4 is 17.5 Å². The third-order valence-corrected chi connectivity index (χ3v) is 2.63. The summed E-state index contributed by atoms with van der Waals surface area (Å²) < 4.78 is 10.7. The predicted octanol–water partition coefficient (Wildman–Crippen LogP) is 1.99. The van der Waals surface area contributed by atoms with E-state index in [0.717, 1.165) is 17.7 Å². The number of alkyl halides is 1. The van der Waals surface area contributed by atoms with E-state index in [1.54, 1.807) is 7.11 Å². The molecule has 0 fully saturated rings. The van der Waals surface area contributed by atoms with Crippen LogP contribution in [-0.2, 0) is 11.2 Å². The fourth-order valence-corrected chi connectivity index (χ4v) is 1.63. The fraction of sp³-hybridized carbons (Fsp3) is 0.462. The SMILES string of the molecule is CCOc1cc(CCNC(=O)CCl)ccc1OC. The lowest BCUT2D eigenvalue weighted by Crippen LogP contribution is -2.26. The van der Waals surface area contributed by atoms with Crippen LogP contribution in [0.5, 0.6) is 11.5 Å². The number of nitrogens with one attached hydrogen (secondary N) is 1. The first-order valence-electron chi connectivity index (χ1n) is 5.83. The minimum atomic E-state index is -0.157. The molecule has 0 atom stereocenters. The molecule has 18 heavy (non-hydrogen) atoms. The number of carbonyl (C=O) groups excluding carboxylic acids is 1. The molecule has 4 nitrogen and oxygen atoms in total. The molecule has 1 rings (SSSR count). The van der Waals surface area contributed by atoms with Crippen molar-refractivity contribution in [2.24, 2.45) is 0 Å². The second-order valence-corrected chi connectivity index (χ2v) is 3.92. The van der Waals surface area contributed by atoms with Gasteiger partial charge in [-0.3, -0.25) is 4.79 Å². The van der Waals surface area contributed by atoms with Crippen molar-refractivity contribution in [2.45, 2.75) is 13.3 Å². The number of carbonyl (C=O) groups is 1. The second kappa shape index (κ2) is 7.82. The summed E-state index contributed by atoms with van der Waals surface area (Å²) in [6, 6.07) is 5.74. The van der Waals surface area contributed by atoms with E-state index in [1.807, 2.05) is 25.1 Å². The third kappa shape index (κ3) is 4.45. The Balaban J connectivity index is 2.61. The number of ether oxygens (including phenoxy) is 2. The summed E-state index contributed by atoms with van der Waals surface area (Å²) in [5.74, 6) is 1.27. The minimum Gasteiger partial charge on any atom is -0.493 e. The summed E-state index contributed by atoms with van der Waals surface area (Å²) in [4.78, 5) is 11.0. The molecule has 0 unspecified atom stereocenters. The largest absolute Gasteiger partial charge is 0.493 e. The van der Waals surface area contributed by atoms with Crippen LogP contribution in [0.4, 0.5) is 0 Å². The lowest BCUT2D eigenvalue weighted by atomic mass is 10.1. The van der Waals surface area contributed by atoms with Crippen molar-refractivity contribution in [3.63, 3.8) is 0 Å². The Bertz CT molecular complexity index is 396. The Kier molecular flexibility index (Phi) is 6.36. The van der Waals surface area contributed by atoms with Gasteiger partial charge in [-0.15, -0.1) is 11.6 Å². The van der Waals surface area contributed by atoms with Gasteiger partial charge in [-0.2, -0.15) is 0 Å². The molecule has 0 spiro atoms. The van der Waals surface area contributed by atoms with Crippen molar-refractivity contribution in [1.82, 2.24) is 5.32 Å². The summed E-state index contributed by atoms with van der Waals surface area (Å²) in [6.45, 7) is 3.07. The highest BCUT2D eigenvalue weighted by Gasteiger charge is 2.05. The smallest absolute Gasteiger partial charge is 0.234 e. The fourth-order valence-electron chi connectivity index (χ4n) is 1.54. The maximum Gasteiger partial charge on any atom is 0.234 e. The summed E-state index contributed by atoms with van der Waals surface area (Å²) in [6.07, 6.45) is 0.729. The van der Waals surface area contributed by atoms with Gasteiger partial charge >= 0.3 is 0 Å². The first kappa shape index (κ1) is 14.6. The second-order valence-electron chi connectivity index (χ2n) is 3.65. The Morgan fingerprint density at radius 1 is 1.39 bits per heavy atom. The van der Waals surface area contributed by atoms with Crippen molar-refractivity contribution in [3.8, 4) is 11.5 Å². The quantitative estimate of drug-likeness (QED) is 0.772. The van der Waals surface area contributed by atoms with Crippen LogP contribution in [0, 0.1) is 0 Å². The van der Waals surface area contributed by atoms with Crippen LogP contribution in [0.1, 0.15) is 12.5 Å². The molecule has 0 radical (unpaired) electrons. The molecule has 0 heterocycles. The van der Waals surface area contributed by atoms with Crippen LogP contribution in [-0.4, -0.2) is 32.0 Å². The van der Waals surface area contributed by atoms with Gasteiger partial charge in [0.2, 0.25) is 5.91 Å². The molecule has 1 amide bonds. The normalized spacial score (nSPS) is 9.94. The number of amides is 1. The van der Waals surface area contributed by atoms with Crippen LogP contribution < -0.4 is 14.8 Å². The number of hydrogen-bond acceptors (Lipinski definition) is 3. The van der Waals surface area contributed by atoms with Gasteiger partial charge in [-0.05, 0) is 31.0 Å². The van der Waals surface area contributed by atoms with E-state index >= 15 is 0 Å². The molecule has 100 valence electrons. The molecule has 0 aliphatic carbocycles. The predicted molar refractivity (Wildman–Crippen MR) is 71.6 cm³/mol. The van der Waals surface area contributed by atoms with Gasteiger partial charge in [-0.1, -0.05) is 6.07 Å². The molecule has 1 aromatic rings. The Hall–Kier alpha value is -1.42. The average molecular weight is 272 g/mol. The molecular formula is C13H18ClNO3. The number of benzene rings is 1. The number of halogens is 1. The topological polar surface area (TPSA) is 47.6 Å². The van der Waals surface area contributed by atoms with Crippen molar-refractivity contribution in [2.75, 3.05) is 26.1 Å². The monoisotopic (exact) mass is 271 g/mol. The lowest BCUT2D eigenvalue weighted by Gasteiger charge is -2.11. The highest BCUT2D eigenvalue weighted by Crippen LogP contribution is 2.28. The molecule has 1 aromatic carbocycles. The summed E-state index contributed by atoms with van der Waals surface area (Å²) >= 11 is 5.39. The van der Waals surface area contributed by atoms with E-state index in [0.29, 0.717) is 18.9 Å². The molecule has 0 bridgehead atoms. The average Bonchev–Trinajstić information content (AvgIpc) is 2.39. The Morgan fingerprint density at radius 3 is 2.78 bits per heavy atom. The van der Waals surface area contributed by atoms with E-state index in [2.05, 4.69) is 5.32 Å². The number of hydrogen-bond donors (Lipinski definition) is 1. The van der Waals surface area contributed by atoms with E-state index in [1.165, 1.54) is 0 Å². The first-order valence-corrected chi connectivity index (χ1v) is 6.37. The van der Waals surface area contributed by atoms with Gasteiger partial charge in [0, 0.05) is 6.54 Å². The third-order valence-electron chi connectivity index (χ3n) is 2.39. The molecule has 0 aliphatic heterocycles. The van der Waals surface area contributed by atoms with E-state index < -0.39 is 0 Å². The van der Waals surface area contributed by atoms with Gasteiger partial charge in [0.05, 0.1) is 13.7 Å². The van der Waals surface area contributed by atoms with Crippen LogP contribution >= 0.6 is 11.6 Å². The lowest BCUT2D eigenvalue weighted by molar-refractivity contribution is -0.118. The molecular weight excluding hydrogens is 254 g/mol. The minimum absolute atomic E-state index is 0.00713. The molecule has 0 aromatic heterocycles. The number of methoxy groups -OCH3 is 1. The van der Waals surface area contributed by atoms with Crippen LogP contribution in [0.15, 0.2) is 18.2 Å². The molecule has 0 aliphatic rings. The van der Waals surface area contributed by atoms with Crippen LogP contribution in [0.3, 0.4) is 0 Å². The molecule has 1 N–H and O–H groups in total. The summed E-state index contributed by atoms with van der Waals surface area (Å²) in [7, 11) is 1.61. The molecule has 5 heteroatoms. The van der Waals surface area contributed by atoms with Crippen molar-refractivity contribution in [3.05, 3.63) is 23.8 Å². The Morgan fingerprint density at radius 2 is 2.17 bits per heavy atom. The zero-order valence-corrected chi connectivity index (χ0v) is 11.4.